The van der Waals surface area contributed by atoms with E-state index in [0.29, 0.717) is 6.54 Å². The van der Waals surface area contributed by atoms with Gasteiger partial charge in [-0.2, -0.15) is 0 Å². The number of aromatic nitrogens is 1. The molecule has 1 rings (SSSR count). The molecule has 0 unspecified atom stereocenters. The summed E-state index contributed by atoms with van der Waals surface area (Å²) < 4.78 is 5.28. The zero-order valence-corrected chi connectivity index (χ0v) is 10.5. The summed E-state index contributed by atoms with van der Waals surface area (Å²) in [6, 6.07) is 3.78. The molecule has 0 aliphatic heterocycles. The van der Waals surface area contributed by atoms with Crippen molar-refractivity contribution in [1.29, 1.82) is 0 Å². The zero-order valence-electron chi connectivity index (χ0n) is 10.5. The number of pyridine rings is 1. The molecule has 1 aromatic rings. The van der Waals surface area contributed by atoms with Crippen LogP contribution in [0.2, 0.25) is 0 Å². The van der Waals surface area contributed by atoms with E-state index in [-0.39, 0.29) is 5.41 Å². The normalized spacial score (nSPS) is 11.3. The maximum absolute atomic E-state index is 5.72. The van der Waals surface area contributed by atoms with Crippen molar-refractivity contribution in [2.45, 2.75) is 13.8 Å². The summed E-state index contributed by atoms with van der Waals surface area (Å²) in [4.78, 5) is 6.40. The SMILES string of the molecule is COc1cccnc1N(C)CC(C)(C)CN. The Morgan fingerprint density at radius 3 is 2.75 bits per heavy atom. The molecule has 0 amide bonds. The molecule has 0 radical (unpaired) electrons. The summed E-state index contributed by atoms with van der Waals surface area (Å²) in [5.41, 5.74) is 5.79. The van der Waals surface area contributed by atoms with Crippen LogP contribution >= 0.6 is 0 Å². The number of nitrogens with two attached hydrogens (primary N) is 1. The van der Waals surface area contributed by atoms with Crippen molar-refractivity contribution in [1.82, 2.24) is 4.98 Å². The van der Waals surface area contributed by atoms with E-state index in [1.165, 1.54) is 0 Å². The fourth-order valence-electron chi connectivity index (χ4n) is 1.61. The highest BCUT2D eigenvalue weighted by atomic mass is 16.5. The highest BCUT2D eigenvalue weighted by Crippen LogP contribution is 2.26. The van der Waals surface area contributed by atoms with Crippen LogP contribution < -0.4 is 15.4 Å². The molecule has 4 heteroatoms. The smallest absolute Gasteiger partial charge is 0.171 e. The fourth-order valence-corrected chi connectivity index (χ4v) is 1.61. The molecular formula is C12H21N3O. The average Bonchev–Trinajstić information content (AvgIpc) is 2.28. The van der Waals surface area contributed by atoms with E-state index in [4.69, 9.17) is 10.5 Å². The molecule has 0 saturated carbocycles. The van der Waals surface area contributed by atoms with Gasteiger partial charge in [-0.15, -0.1) is 0 Å². The van der Waals surface area contributed by atoms with Gasteiger partial charge in [0.05, 0.1) is 7.11 Å². The van der Waals surface area contributed by atoms with E-state index < -0.39 is 0 Å². The topological polar surface area (TPSA) is 51.4 Å². The largest absolute Gasteiger partial charge is 0.493 e. The molecule has 1 heterocycles. The summed E-state index contributed by atoms with van der Waals surface area (Å²) in [7, 11) is 3.66. The van der Waals surface area contributed by atoms with Crippen LogP contribution in [0.1, 0.15) is 13.8 Å². The van der Waals surface area contributed by atoms with Gasteiger partial charge in [-0.3, -0.25) is 0 Å². The van der Waals surface area contributed by atoms with Gasteiger partial charge in [0.1, 0.15) is 0 Å². The van der Waals surface area contributed by atoms with Gasteiger partial charge in [-0.25, -0.2) is 4.98 Å². The lowest BCUT2D eigenvalue weighted by atomic mass is 9.93. The predicted octanol–water partition coefficient (Wildman–Crippen LogP) is 1.51. The first-order chi connectivity index (χ1) is 7.50. The summed E-state index contributed by atoms with van der Waals surface area (Å²) in [5.74, 6) is 1.64. The lowest BCUT2D eigenvalue weighted by Crippen LogP contribution is -2.37. The van der Waals surface area contributed by atoms with Crippen molar-refractivity contribution in [3.8, 4) is 5.75 Å². The number of hydrogen-bond acceptors (Lipinski definition) is 4. The van der Waals surface area contributed by atoms with Gasteiger partial charge in [0, 0.05) is 19.8 Å². The molecular weight excluding hydrogens is 202 g/mol. The number of ether oxygens (including phenoxy) is 1. The molecule has 90 valence electrons. The first-order valence-electron chi connectivity index (χ1n) is 5.40. The third-order valence-corrected chi connectivity index (χ3v) is 2.55. The van der Waals surface area contributed by atoms with Crippen LogP contribution in [-0.4, -0.2) is 32.2 Å². The third-order valence-electron chi connectivity index (χ3n) is 2.55. The van der Waals surface area contributed by atoms with Crippen LogP contribution in [0.5, 0.6) is 5.75 Å². The molecule has 0 bridgehead atoms. The van der Waals surface area contributed by atoms with E-state index >= 15 is 0 Å². The molecule has 16 heavy (non-hydrogen) atoms. The first kappa shape index (κ1) is 12.8. The Labute approximate surface area is 97.4 Å². The maximum Gasteiger partial charge on any atom is 0.171 e. The lowest BCUT2D eigenvalue weighted by Gasteiger charge is -2.30. The lowest BCUT2D eigenvalue weighted by molar-refractivity contribution is 0.377. The Kier molecular flexibility index (Phi) is 4.12. The van der Waals surface area contributed by atoms with Crippen molar-refractivity contribution in [3.05, 3.63) is 18.3 Å². The fraction of sp³-hybridized carbons (Fsp3) is 0.583. The molecule has 0 fully saturated rings. The number of nitrogens with zero attached hydrogens (tertiary/aromatic N) is 2. The Bertz CT molecular complexity index is 339. The molecule has 0 aliphatic carbocycles. The molecule has 0 saturated heterocycles. The van der Waals surface area contributed by atoms with Crippen LogP contribution in [0.25, 0.3) is 0 Å². The van der Waals surface area contributed by atoms with Gasteiger partial charge in [0.2, 0.25) is 0 Å². The van der Waals surface area contributed by atoms with Crippen LogP contribution in [0.15, 0.2) is 18.3 Å². The van der Waals surface area contributed by atoms with E-state index in [0.717, 1.165) is 18.1 Å². The minimum Gasteiger partial charge on any atom is -0.493 e. The zero-order chi connectivity index (χ0) is 12.2. The van der Waals surface area contributed by atoms with Crippen molar-refractivity contribution in [2.24, 2.45) is 11.1 Å². The Hall–Kier alpha value is -1.29. The maximum atomic E-state index is 5.72. The Morgan fingerprint density at radius 2 is 2.19 bits per heavy atom. The van der Waals surface area contributed by atoms with Crippen LogP contribution in [0, 0.1) is 5.41 Å². The van der Waals surface area contributed by atoms with E-state index in [2.05, 4.69) is 23.7 Å². The van der Waals surface area contributed by atoms with Crippen LogP contribution in [0.3, 0.4) is 0 Å². The van der Waals surface area contributed by atoms with Crippen molar-refractivity contribution >= 4 is 5.82 Å². The monoisotopic (exact) mass is 223 g/mol. The van der Waals surface area contributed by atoms with Gasteiger partial charge >= 0.3 is 0 Å². The summed E-state index contributed by atoms with van der Waals surface area (Å²) in [6.45, 7) is 5.77. The highest BCUT2D eigenvalue weighted by molar-refractivity contribution is 5.51. The standard InChI is InChI=1S/C12H21N3O/c1-12(2,8-13)9-15(3)11-10(16-4)6-5-7-14-11/h5-7H,8-9,13H2,1-4H3. The second kappa shape index (κ2) is 5.16. The minimum absolute atomic E-state index is 0.0667. The van der Waals surface area contributed by atoms with E-state index in [9.17, 15) is 0 Å². The highest BCUT2D eigenvalue weighted by Gasteiger charge is 2.20. The van der Waals surface area contributed by atoms with E-state index in [1.807, 2.05) is 19.2 Å². The van der Waals surface area contributed by atoms with Crippen LogP contribution in [-0.2, 0) is 0 Å². The number of rotatable bonds is 5. The molecule has 4 nitrogen and oxygen atoms in total. The molecule has 0 atom stereocenters. The molecule has 0 spiro atoms. The average molecular weight is 223 g/mol. The summed E-state index contributed by atoms with van der Waals surface area (Å²) in [5, 5.41) is 0. The van der Waals surface area contributed by atoms with Crippen molar-refractivity contribution in [3.63, 3.8) is 0 Å². The Morgan fingerprint density at radius 1 is 1.50 bits per heavy atom. The molecule has 0 aromatic carbocycles. The van der Waals surface area contributed by atoms with Gasteiger partial charge in [0.15, 0.2) is 11.6 Å². The van der Waals surface area contributed by atoms with Crippen molar-refractivity contribution in [2.75, 3.05) is 32.1 Å². The molecule has 0 aliphatic rings. The van der Waals surface area contributed by atoms with E-state index in [1.54, 1.807) is 13.3 Å². The minimum atomic E-state index is 0.0667. The number of methoxy groups -OCH3 is 1. The van der Waals surface area contributed by atoms with Gasteiger partial charge in [0.25, 0.3) is 0 Å². The summed E-state index contributed by atoms with van der Waals surface area (Å²) >= 11 is 0. The Balaban J connectivity index is 2.84. The van der Waals surface area contributed by atoms with Crippen LogP contribution in [0.4, 0.5) is 5.82 Å². The predicted molar refractivity (Wildman–Crippen MR) is 66.9 cm³/mol. The van der Waals surface area contributed by atoms with Gasteiger partial charge in [-0.05, 0) is 24.1 Å². The third kappa shape index (κ3) is 3.10. The van der Waals surface area contributed by atoms with Crippen molar-refractivity contribution < 1.29 is 4.74 Å². The summed E-state index contributed by atoms with van der Waals surface area (Å²) in [6.07, 6.45) is 1.77. The molecule has 2 N–H and O–H groups in total. The quantitative estimate of drug-likeness (QED) is 0.822. The first-order valence-corrected chi connectivity index (χ1v) is 5.40. The van der Waals surface area contributed by atoms with Gasteiger partial charge < -0.3 is 15.4 Å². The number of hydrogen-bond donors (Lipinski definition) is 1. The number of anilines is 1. The second-order valence-corrected chi connectivity index (χ2v) is 4.75. The second-order valence-electron chi connectivity index (χ2n) is 4.75. The van der Waals surface area contributed by atoms with Gasteiger partial charge in [-0.1, -0.05) is 13.8 Å². The molecule has 1 aromatic heterocycles.